The van der Waals surface area contributed by atoms with Crippen molar-refractivity contribution in [2.45, 2.75) is 26.3 Å². The molecule has 0 N–H and O–H groups in total. The summed E-state index contributed by atoms with van der Waals surface area (Å²) in [5.41, 5.74) is 3.11. The molecular weight excluding hydrogens is 336 g/mol. The third-order valence-corrected chi connectivity index (χ3v) is 4.76. The number of alkyl halides is 1. The van der Waals surface area contributed by atoms with Crippen molar-refractivity contribution in [3.05, 3.63) is 41.6 Å². The maximum Gasteiger partial charge on any atom is 0.224 e. The second-order valence-corrected chi connectivity index (χ2v) is 6.56. The summed E-state index contributed by atoms with van der Waals surface area (Å²) in [4.78, 5) is 25.8. The molecule has 1 aliphatic rings. The van der Waals surface area contributed by atoms with Crippen molar-refractivity contribution < 1.29 is 4.79 Å². The number of nitrogens with zero attached hydrogens (tertiary/aromatic N) is 4. The number of carbonyl (C=O) groups is 1. The van der Waals surface area contributed by atoms with Gasteiger partial charge in [-0.1, -0.05) is 30.3 Å². The minimum absolute atomic E-state index is 0.0953. The second-order valence-electron chi connectivity index (χ2n) is 6.18. The van der Waals surface area contributed by atoms with Crippen LogP contribution in [0.25, 0.3) is 11.4 Å². The highest BCUT2D eigenvalue weighted by Gasteiger charge is 2.26. The number of fused-ring (bicyclic) bond motifs is 1. The molecule has 0 aliphatic carbocycles. The molecule has 1 aromatic carbocycles. The topological polar surface area (TPSA) is 49.3 Å². The largest absolute Gasteiger partial charge is 0.360 e. The average molecular weight is 359 g/mol. The van der Waals surface area contributed by atoms with Gasteiger partial charge in [-0.2, -0.15) is 0 Å². The van der Waals surface area contributed by atoms with Gasteiger partial charge in [0.1, 0.15) is 5.82 Å². The van der Waals surface area contributed by atoms with E-state index in [9.17, 15) is 4.79 Å². The summed E-state index contributed by atoms with van der Waals surface area (Å²) in [5.74, 6) is 2.11. The molecule has 0 atom stereocenters. The average Bonchev–Trinajstić information content (AvgIpc) is 2.67. The zero-order chi connectivity index (χ0) is 17.8. The van der Waals surface area contributed by atoms with Gasteiger partial charge in [-0.15, -0.1) is 11.6 Å². The van der Waals surface area contributed by atoms with E-state index >= 15 is 0 Å². The summed E-state index contributed by atoms with van der Waals surface area (Å²) < 4.78 is 0. The molecule has 2 aromatic rings. The molecule has 0 radical (unpaired) electrons. The van der Waals surface area contributed by atoms with Crippen molar-refractivity contribution >= 4 is 23.3 Å². The number of rotatable bonds is 5. The molecule has 0 bridgehead atoms. The van der Waals surface area contributed by atoms with Crippen molar-refractivity contribution in [1.82, 2.24) is 14.9 Å². The van der Waals surface area contributed by atoms with Gasteiger partial charge in [-0.05, 0) is 6.92 Å². The zero-order valence-electron chi connectivity index (χ0n) is 14.7. The van der Waals surface area contributed by atoms with Gasteiger partial charge in [0.15, 0.2) is 5.82 Å². The van der Waals surface area contributed by atoms with Crippen molar-refractivity contribution in [2.24, 2.45) is 0 Å². The summed E-state index contributed by atoms with van der Waals surface area (Å²) in [5, 5.41) is 0. The molecule has 0 unspecified atom stereocenters. The zero-order valence-corrected chi connectivity index (χ0v) is 15.5. The van der Waals surface area contributed by atoms with Gasteiger partial charge in [0.2, 0.25) is 5.91 Å². The van der Waals surface area contributed by atoms with Crippen LogP contribution in [0.5, 0.6) is 0 Å². The first-order valence-electron chi connectivity index (χ1n) is 8.64. The highest BCUT2D eigenvalue weighted by atomic mass is 35.5. The highest BCUT2D eigenvalue weighted by molar-refractivity contribution is 6.18. The van der Waals surface area contributed by atoms with Gasteiger partial charge in [-0.25, -0.2) is 9.97 Å². The van der Waals surface area contributed by atoms with E-state index in [1.54, 1.807) is 0 Å². The Kier molecular flexibility index (Phi) is 5.53. The Morgan fingerprint density at radius 2 is 2.04 bits per heavy atom. The first-order chi connectivity index (χ1) is 12.1. The van der Waals surface area contributed by atoms with Crippen LogP contribution in [-0.4, -0.2) is 46.8 Å². The lowest BCUT2D eigenvalue weighted by Crippen LogP contribution is -2.38. The number of carbonyl (C=O) groups excluding carboxylic acids is 1. The summed E-state index contributed by atoms with van der Waals surface area (Å²) in [6, 6.07) is 10.0. The first-order valence-corrected chi connectivity index (χ1v) is 9.17. The highest BCUT2D eigenvalue weighted by Crippen LogP contribution is 2.29. The minimum atomic E-state index is 0.0953. The van der Waals surface area contributed by atoms with E-state index in [0.29, 0.717) is 25.4 Å². The molecule has 0 saturated heterocycles. The van der Waals surface area contributed by atoms with Crippen molar-refractivity contribution in [2.75, 3.05) is 30.9 Å². The Morgan fingerprint density at radius 3 is 2.72 bits per heavy atom. The third kappa shape index (κ3) is 3.76. The molecule has 1 amide bonds. The van der Waals surface area contributed by atoms with Crippen LogP contribution in [0.15, 0.2) is 30.3 Å². The van der Waals surface area contributed by atoms with Gasteiger partial charge in [0, 0.05) is 50.0 Å². The smallest absolute Gasteiger partial charge is 0.224 e. The van der Waals surface area contributed by atoms with E-state index in [-0.39, 0.29) is 5.91 Å². The summed E-state index contributed by atoms with van der Waals surface area (Å²) >= 11 is 5.73. The maximum absolute atomic E-state index is 12.2. The standard InChI is InChI=1S/C19H23ClN4O/c1-3-23(2)19-15-13-24(17(25)9-11-20)12-10-16(15)21-18(22-19)14-7-5-4-6-8-14/h4-8H,3,9-13H2,1-2H3. The minimum Gasteiger partial charge on any atom is -0.360 e. The van der Waals surface area contributed by atoms with Crippen molar-refractivity contribution in [1.29, 1.82) is 0 Å². The Balaban J connectivity index is 2.01. The van der Waals surface area contributed by atoms with Crippen molar-refractivity contribution in [3.63, 3.8) is 0 Å². The second kappa shape index (κ2) is 7.83. The number of anilines is 1. The van der Waals surface area contributed by atoms with Crippen LogP contribution in [0.4, 0.5) is 5.82 Å². The molecule has 132 valence electrons. The summed E-state index contributed by atoms with van der Waals surface area (Å²) in [6.45, 7) is 4.17. The monoisotopic (exact) mass is 358 g/mol. The Hall–Kier alpha value is -2.14. The molecule has 0 saturated carbocycles. The number of aromatic nitrogens is 2. The molecule has 2 heterocycles. The lowest BCUT2D eigenvalue weighted by molar-refractivity contribution is -0.131. The Labute approximate surface area is 153 Å². The normalized spacial score (nSPS) is 13.5. The fraction of sp³-hybridized carbons (Fsp3) is 0.421. The van der Waals surface area contributed by atoms with Crippen LogP contribution < -0.4 is 4.90 Å². The summed E-state index contributed by atoms with van der Waals surface area (Å²) in [6.07, 6.45) is 1.12. The van der Waals surface area contributed by atoms with E-state index in [1.807, 2.05) is 42.3 Å². The first kappa shape index (κ1) is 17.7. The SMILES string of the molecule is CCN(C)c1nc(-c2ccccc2)nc2c1CN(C(=O)CCCl)CC2. The molecular formula is C19H23ClN4O. The number of halogens is 1. The van der Waals surface area contributed by atoms with Gasteiger partial charge in [0.05, 0.1) is 12.2 Å². The van der Waals surface area contributed by atoms with E-state index in [1.165, 1.54) is 0 Å². The molecule has 1 aliphatic heterocycles. The predicted molar refractivity (Wildman–Crippen MR) is 101 cm³/mol. The molecule has 6 heteroatoms. The molecule has 0 spiro atoms. The van der Waals surface area contributed by atoms with Crippen LogP contribution in [0.3, 0.4) is 0 Å². The lowest BCUT2D eigenvalue weighted by atomic mass is 10.0. The number of benzene rings is 1. The molecule has 1 aromatic heterocycles. The molecule has 3 rings (SSSR count). The number of hydrogen-bond acceptors (Lipinski definition) is 4. The number of hydrogen-bond donors (Lipinski definition) is 0. The lowest BCUT2D eigenvalue weighted by Gasteiger charge is -2.31. The maximum atomic E-state index is 12.2. The molecule has 5 nitrogen and oxygen atoms in total. The fourth-order valence-corrected chi connectivity index (χ4v) is 3.19. The van der Waals surface area contributed by atoms with Crippen LogP contribution in [-0.2, 0) is 17.8 Å². The molecule has 25 heavy (non-hydrogen) atoms. The quantitative estimate of drug-likeness (QED) is 0.770. The molecule has 0 fully saturated rings. The van der Waals surface area contributed by atoms with E-state index in [0.717, 1.165) is 41.4 Å². The fourth-order valence-electron chi connectivity index (χ4n) is 3.03. The van der Waals surface area contributed by atoms with Gasteiger partial charge in [-0.3, -0.25) is 4.79 Å². The Morgan fingerprint density at radius 1 is 1.28 bits per heavy atom. The third-order valence-electron chi connectivity index (χ3n) is 4.57. The number of amides is 1. The van der Waals surface area contributed by atoms with E-state index in [2.05, 4.69) is 11.8 Å². The van der Waals surface area contributed by atoms with Crippen LogP contribution in [0.1, 0.15) is 24.6 Å². The summed E-state index contributed by atoms with van der Waals surface area (Å²) in [7, 11) is 2.02. The predicted octanol–water partition coefficient (Wildman–Crippen LogP) is 3.11. The van der Waals surface area contributed by atoms with Crippen molar-refractivity contribution in [3.8, 4) is 11.4 Å². The van der Waals surface area contributed by atoms with Gasteiger partial charge < -0.3 is 9.80 Å². The van der Waals surface area contributed by atoms with Crippen LogP contribution in [0, 0.1) is 0 Å². The Bertz CT molecular complexity index is 751. The van der Waals surface area contributed by atoms with Crippen LogP contribution in [0.2, 0.25) is 0 Å². The van der Waals surface area contributed by atoms with Gasteiger partial charge >= 0.3 is 0 Å². The van der Waals surface area contributed by atoms with E-state index in [4.69, 9.17) is 21.6 Å². The van der Waals surface area contributed by atoms with Crippen LogP contribution >= 0.6 is 11.6 Å². The van der Waals surface area contributed by atoms with Gasteiger partial charge in [0.25, 0.3) is 0 Å². The van der Waals surface area contributed by atoms with E-state index < -0.39 is 0 Å².